The second-order valence-electron chi connectivity index (χ2n) is 6.76. The number of rotatable bonds is 5. The molecule has 5 nitrogen and oxygen atoms in total. The van der Waals surface area contributed by atoms with Crippen molar-refractivity contribution in [3.63, 3.8) is 0 Å². The van der Waals surface area contributed by atoms with Crippen LogP contribution in [0.2, 0.25) is 5.02 Å². The van der Waals surface area contributed by atoms with Crippen LogP contribution in [0.25, 0.3) is 6.08 Å². The van der Waals surface area contributed by atoms with Crippen molar-refractivity contribution in [2.75, 3.05) is 13.1 Å². The summed E-state index contributed by atoms with van der Waals surface area (Å²) in [5.41, 5.74) is 1.61. The fourth-order valence-electron chi connectivity index (χ4n) is 3.08. The molecule has 2 aromatic rings. The summed E-state index contributed by atoms with van der Waals surface area (Å²) in [6.45, 7) is 2.41. The van der Waals surface area contributed by atoms with E-state index in [0.717, 1.165) is 11.1 Å². The maximum atomic E-state index is 12.5. The Morgan fingerprint density at radius 3 is 2.46 bits per heavy atom. The van der Waals surface area contributed by atoms with Gasteiger partial charge < -0.3 is 4.74 Å². The zero-order valence-corrected chi connectivity index (χ0v) is 17.1. The predicted molar refractivity (Wildman–Crippen MR) is 111 cm³/mol. The molecule has 0 aliphatic carbocycles. The number of aryl methyl sites for hydroxylation is 1. The Hall–Kier alpha value is -2.15. The molecule has 1 heterocycles. The summed E-state index contributed by atoms with van der Waals surface area (Å²) >= 11 is 5.92. The lowest BCUT2D eigenvalue weighted by molar-refractivity contribution is -0.140. The molecule has 0 atom stereocenters. The van der Waals surface area contributed by atoms with Crippen LogP contribution < -0.4 is 4.74 Å². The van der Waals surface area contributed by atoms with E-state index in [9.17, 15) is 13.2 Å². The van der Waals surface area contributed by atoms with Gasteiger partial charge in [0.1, 0.15) is 5.75 Å². The summed E-state index contributed by atoms with van der Waals surface area (Å²) in [7, 11) is -3.52. The minimum atomic E-state index is -3.52. The summed E-state index contributed by atoms with van der Waals surface area (Å²) in [5, 5.41) is 1.80. The van der Waals surface area contributed by atoms with Gasteiger partial charge in [0, 0.05) is 23.5 Å². The Kier molecular flexibility index (Phi) is 6.54. The molecule has 0 spiro atoms. The summed E-state index contributed by atoms with van der Waals surface area (Å²) < 4.78 is 31.9. The van der Waals surface area contributed by atoms with E-state index in [2.05, 4.69) is 0 Å². The minimum absolute atomic E-state index is 0.292. The number of sulfonamides is 1. The summed E-state index contributed by atoms with van der Waals surface area (Å²) in [6.07, 6.45) is 2.45. The van der Waals surface area contributed by atoms with E-state index in [-0.39, 0.29) is 11.9 Å². The molecule has 0 saturated carbocycles. The molecule has 1 aliphatic heterocycles. The van der Waals surface area contributed by atoms with Gasteiger partial charge in [0.15, 0.2) is 0 Å². The first-order valence-corrected chi connectivity index (χ1v) is 10.9. The molecular formula is C21H22ClNO4S. The van der Waals surface area contributed by atoms with E-state index >= 15 is 0 Å². The third-order valence-electron chi connectivity index (χ3n) is 4.73. The zero-order valence-electron chi connectivity index (χ0n) is 15.5. The molecular weight excluding hydrogens is 398 g/mol. The molecule has 1 aliphatic rings. The van der Waals surface area contributed by atoms with Crippen molar-refractivity contribution in [1.82, 2.24) is 4.31 Å². The van der Waals surface area contributed by atoms with Gasteiger partial charge in [-0.15, -0.1) is 0 Å². The summed E-state index contributed by atoms with van der Waals surface area (Å²) in [5.74, 6) is -0.169. The van der Waals surface area contributed by atoms with Crippen LogP contribution in [0.4, 0.5) is 0 Å². The molecule has 0 aromatic heterocycles. The molecule has 7 heteroatoms. The topological polar surface area (TPSA) is 63.7 Å². The van der Waals surface area contributed by atoms with Crippen molar-refractivity contribution in [3.05, 3.63) is 70.1 Å². The van der Waals surface area contributed by atoms with Gasteiger partial charge in [-0.25, -0.2) is 8.42 Å². The van der Waals surface area contributed by atoms with Gasteiger partial charge in [-0.3, -0.25) is 4.79 Å². The van der Waals surface area contributed by atoms with Crippen LogP contribution in [0.5, 0.6) is 5.75 Å². The fraction of sp³-hybridized carbons (Fsp3) is 0.286. The SMILES string of the molecule is Cc1cc(Cl)ccc1OC(=O)C1CCN(S(=O)(=O)/C=C/c2ccccc2)CC1. The van der Waals surface area contributed by atoms with E-state index < -0.39 is 10.0 Å². The maximum Gasteiger partial charge on any atom is 0.314 e. The van der Waals surface area contributed by atoms with Crippen molar-refractivity contribution < 1.29 is 17.9 Å². The highest BCUT2D eigenvalue weighted by Gasteiger charge is 2.31. The van der Waals surface area contributed by atoms with E-state index in [4.69, 9.17) is 16.3 Å². The first kappa shape index (κ1) is 20.6. The van der Waals surface area contributed by atoms with E-state index in [1.165, 1.54) is 9.71 Å². The number of carbonyl (C=O) groups is 1. The van der Waals surface area contributed by atoms with Gasteiger partial charge in [0.05, 0.1) is 5.92 Å². The Bertz CT molecular complexity index is 965. The monoisotopic (exact) mass is 419 g/mol. The largest absolute Gasteiger partial charge is 0.426 e. The number of piperidine rings is 1. The molecule has 0 bridgehead atoms. The first-order valence-electron chi connectivity index (χ1n) is 9.06. The number of esters is 1. The van der Waals surface area contributed by atoms with Crippen LogP contribution in [0.1, 0.15) is 24.0 Å². The van der Waals surface area contributed by atoms with Gasteiger partial charge >= 0.3 is 5.97 Å². The number of ether oxygens (including phenoxy) is 1. The molecule has 0 N–H and O–H groups in total. The molecule has 148 valence electrons. The smallest absolute Gasteiger partial charge is 0.314 e. The van der Waals surface area contributed by atoms with Crippen molar-refractivity contribution in [1.29, 1.82) is 0 Å². The molecule has 0 unspecified atom stereocenters. The van der Waals surface area contributed by atoms with Gasteiger partial charge in [0.25, 0.3) is 0 Å². The van der Waals surface area contributed by atoms with E-state index in [1.54, 1.807) is 24.3 Å². The number of carbonyl (C=O) groups excluding carboxylic acids is 1. The third kappa shape index (κ3) is 5.22. The number of hydrogen-bond donors (Lipinski definition) is 0. The van der Waals surface area contributed by atoms with Crippen LogP contribution in [-0.4, -0.2) is 31.8 Å². The van der Waals surface area contributed by atoms with Crippen molar-refractivity contribution in [2.24, 2.45) is 5.92 Å². The van der Waals surface area contributed by atoms with Gasteiger partial charge in [0.2, 0.25) is 10.0 Å². The lowest BCUT2D eigenvalue weighted by Crippen LogP contribution is -2.40. The number of nitrogens with zero attached hydrogens (tertiary/aromatic N) is 1. The Morgan fingerprint density at radius 2 is 1.82 bits per heavy atom. The second kappa shape index (κ2) is 8.90. The van der Waals surface area contributed by atoms with Crippen molar-refractivity contribution in [3.8, 4) is 5.75 Å². The number of hydrogen-bond acceptors (Lipinski definition) is 4. The molecule has 0 amide bonds. The van der Waals surface area contributed by atoms with Gasteiger partial charge in [-0.05, 0) is 55.2 Å². The molecule has 1 saturated heterocycles. The van der Waals surface area contributed by atoms with Crippen LogP contribution >= 0.6 is 11.6 Å². The quantitative estimate of drug-likeness (QED) is 0.536. The molecule has 28 heavy (non-hydrogen) atoms. The van der Waals surface area contributed by atoms with Crippen LogP contribution in [0, 0.1) is 12.8 Å². The standard InChI is InChI=1S/C21H22ClNO4S/c1-16-15-19(22)7-8-20(16)27-21(24)18-9-12-23(13-10-18)28(25,26)14-11-17-5-3-2-4-6-17/h2-8,11,14-15,18H,9-10,12-13H2,1H3/b14-11+. The van der Waals surface area contributed by atoms with Gasteiger partial charge in [-0.2, -0.15) is 4.31 Å². The molecule has 1 fully saturated rings. The van der Waals surface area contributed by atoms with Gasteiger partial charge in [-0.1, -0.05) is 41.9 Å². The average Bonchev–Trinajstić information content (AvgIpc) is 2.69. The predicted octanol–water partition coefficient (Wildman–Crippen LogP) is 4.27. The van der Waals surface area contributed by atoms with Crippen LogP contribution in [0.3, 0.4) is 0 Å². The Labute approximate surface area is 170 Å². The van der Waals surface area contributed by atoms with Crippen LogP contribution in [0.15, 0.2) is 53.9 Å². The lowest BCUT2D eigenvalue weighted by atomic mass is 9.98. The van der Waals surface area contributed by atoms with Crippen LogP contribution in [-0.2, 0) is 14.8 Å². The highest BCUT2D eigenvalue weighted by molar-refractivity contribution is 7.92. The summed E-state index contributed by atoms with van der Waals surface area (Å²) in [4.78, 5) is 12.4. The third-order valence-corrected chi connectivity index (χ3v) is 6.53. The Balaban J connectivity index is 1.57. The first-order chi connectivity index (χ1) is 13.3. The normalized spacial score (nSPS) is 16.4. The van der Waals surface area contributed by atoms with E-state index in [0.29, 0.717) is 36.7 Å². The second-order valence-corrected chi connectivity index (χ2v) is 9.02. The minimum Gasteiger partial charge on any atom is -0.426 e. The molecule has 3 rings (SSSR count). The van der Waals surface area contributed by atoms with Crippen molar-refractivity contribution >= 4 is 33.7 Å². The van der Waals surface area contributed by atoms with E-state index in [1.807, 2.05) is 37.3 Å². The summed E-state index contributed by atoms with van der Waals surface area (Å²) in [6, 6.07) is 14.3. The molecule has 0 radical (unpaired) electrons. The number of benzene rings is 2. The Morgan fingerprint density at radius 1 is 1.14 bits per heavy atom. The lowest BCUT2D eigenvalue weighted by Gasteiger charge is -2.29. The maximum absolute atomic E-state index is 12.5. The zero-order chi connectivity index (χ0) is 20.1. The highest BCUT2D eigenvalue weighted by Crippen LogP contribution is 2.26. The average molecular weight is 420 g/mol. The molecule has 2 aromatic carbocycles. The fourth-order valence-corrected chi connectivity index (χ4v) is 4.53. The number of halogens is 1. The van der Waals surface area contributed by atoms with Crippen molar-refractivity contribution in [2.45, 2.75) is 19.8 Å². The highest BCUT2D eigenvalue weighted by atomic mass is 35.5.